The van der Waals surface area contributed by atoms with Crippen LogP contribution in [-0.2, 0) is 11.3 Å². The van der Waals surface area contributed by atoms with Gasteiger partial charge in [-0.15, -0.1) is 0 Å². The first-order chi connectivity index (χ1) is 7.47. The van der Waals surface area contributed by atoms with Crippen molar-refractivity contribution < 1.29 is 22.4 Å². The van der Waals surface area contributed by atoms with E-state index in [1.807, 2.05) is 0 Å². The molecule has 0 unspecified atom stereocenters. The predicted molar refractivity (Wildman–Crippen MR) is 49.5 cm³/mol. The summed E-state index contributed by atoms with van der Waals surface area (Å²) >= 11 is 0. The van der Waals surface area contributed by atoms with E-state index in [0.29, 0.717) is 6.54 Å². The van der Waals surface area contributed by atoms with Gasteiger partial charge in [-0.05, 0) is 6.07 Å². The lowest BCUT2D eigenvalue weighted by Crippen LogP contribution is -2.39. The Morgan fingerprint density at radius 2 is 2.19 bits per heavy atom. The molecule has 0 bridgehead atoms. The van der Waals surface area contributed by atoms with Crippen LogP contribution in [0.2, 0.25) is 0 Å². The van der Waals surface area contributed by atoms with E-state index < -0.39 is 18.6 Å². The van der Waals surface area contributed by atoms with Gasteiger partial charge in [-0.1, -0.05) is 0 Å². The van der Waals surface area contributed by atoms with E-state index in [9.17, 15) is 18.0 Å². The quantitative estimate of drug-likeness (QED) is 0.803. The highest BCUT2D eigenvalue weighted by Gasteiger charge is 2.27. The van der Waals surface area contributed by atoms with Crippen molar-refractivity contribution >= 4 is 5.91 Å². The summed E-state index contributed by atoms with van der Waals surface area (Å²) < 4.78 is 39.9. The summed E-state index contributed by atoms with van der Waals surface area (Å²) in [6, 6.07) is 1.70. The highest BCUT2D eigenvalue weighted by Crippen LogP contribution is 2.11. The minimum absolute atomic E-state index is 0.165. The molecule has 0 aromatic carbocycles. The molecular weight excluding hydrogens is 225 g/mol. The van der Waals surface area contributed by atoms with Gasteiger partial charge in [-0.2, -0.15) is 13.2 Å². The van der Waals surface area contributed by atoms with Crippen LogP contribution in [0.15, 0.2) is 23.0 Å². The van der Waals surface area contributed by atoms with Crippen LogP contribution < -0.4 is 10.6 Å². The summed E-state index contributed by atoms with van der Waals surface area (Å²) in [5.74, 6) is -0.694. The maximum absolute atomic E-state index is 11.7. The molecule has 1 aromatic heterocycles. The molecule has 4 nitrogen and oxygen atoms in total. The lowest BCUT2D eigenvalue weighted by molar-refractivity contribution is -0.137. The molecule has 1 heterocycles. The van der Waals surface area contributed by atoms with Gasteiger partial charge >= 0.3 is 6.18 Å². The third kappa shape index (κ3) is 5.40. The van der Waals surface area contributed by atoms with Gasteiger partial charge in [0, 0.05) is 12.1 Å². The molecule has 0 aliphatic rings. The van der Waals surface area contributed by atoms with Gasteiger partial charge < -0.3 is 15.1 Å². The van der Waals surface area contributed by atoms with E-state index in [4.69, 9.17) is 4.42 Å². The largest absolute Gasteiger partial charge is 0.472 e. The number of furan rings is 1. The Balaban J connectivity index is 2.11. The van der Waals surface area contributed by atoms with Crippen LogP contribution in [0.5, 0.6) is 0 Å². The fraction of sp³-hybridized carbons (Fsp3) is 0.444. The number of rotatable bonds is 5. The molecule has 0 atom stereocenters. The maximum Gasteiger partial charge on any atom is 0.405 e. The number of halogens is 3. The van der Waals surface area contributed by atoms with Gasteiger partial charge in [-0.3, -0.25) is 4.79 Å². The number of carbonyl (C=O) groups is 1. The summed E-state index contributed by atoms with van der Waals surface area (Å²) in [5.41, 5.74) is 0.823. The van der Waals surface area contributed by atoms with Crippen molar-refractivity contribution in [3.05, 3.63) is 24.2 Å². The Bertz CT molecular complexity index is 322. The van der Waals surface area contributed by atoms with Crippen molar-refractivity contribution in [2.75, 3.05) is 13.1 Å². The molecule has 0 aliphatic carbocycles. The summed E-state index contributed by atoms with van der Waals surface area (Å²) in [5, 5.41) is 4.44. The van der Waals surface area contributed by atoms with E-state index in [-0.39, 0.29) is 6.54 Å². The zero-order chi connectivity index (χ0) is 12.0. The molecule has 16 heavy (non-hydrogen) atoms. The zero-order valence-corrected chi connectivity index (χ0v) is 8.30. The normalized spacial score (nSPS) is 11.4. The number of carbonyl (C=O) groups excluding carboxylic acids is 1. The molecule has 0 radical (unpaired) electrons. The van der Waals surface area contributed by atoms with Crippen LogP contribution in [0.1, 0.15) is 5.56 Å². The average molecular weight is 236 g/mol. The number of amides is 1. The van der Waals surface area contributed by atoms with Crippen molar-refractivity contribution in [1.82, 2.24) is 10.6 Å². The van der Waals surface area contributed by atoms with Gasteiger partial charge in [0.05, 0.1) is 19.1 Å². The smallest absolute Gasteiger partial charge is 0.405 e. The molecule has 90 valence electrons. The monoisotopic (exact) mass is 236 g/mol. The van der Waals surface area contributed by atoms with Crippen LogP contribution >= 0.6 is 0 Å². The summed E-state index contributed by atoms with van der Waals surface area (Å²) in [6.07, 6.45) is -1.42. The Labute approximate surface area is 89.8 Å². The van der Waals surface area contributed by atoms with Crippen LogP contribution in [0.4, 0.5) is 13.2 Å². The molecule has 2 N–H and O–H groups in total. The van der Waals surface area contributed by atoms with Gasteiger partial charge in [0.1, 0.15) is 6.54 Å². The van der Waals surface area contributed by atoms with Crippen molar-refractivity contribution in [2.45, 2.75) is 12.7 Å². The Kier molecular flexibility index (Phi) is 4.36. The molecule has 1 amide bonds. The molecular formula is C9H11F3N2O2. The molecule has 0 saturated heterocycles. The Hall–Kier alpha value is -1.50. The van der Waals surface area contributed by atoms with Crippen molar-refractivity contribution in [3.63, 3.8) is 0 Å². The topological polar surface area (TPSA) is 54.3 Å². The van der Waals surface area contributed by atoms with Crippen molar-refractivity contribution in [1.29, 1.82) is 0 Å². The summed E-state index contributed by atoms with van der Waals surface area (Å²) in [4.78, 5) is 10.9. The molecule has 7 heteroatoms. The standard InChI is InChI=1S/C9H11F3N2O2/c10-9(11,12)6-14-8(15)4-13-3-7-1-2-16-5-7/h1-2,5,13H,3-4,6H2,(H,14,15). The second-order valence-electron chi connectivity index (χ2n) is 3.13. The zero-order valence-electron chi connectivity index (χ0n) is 8.30. The predicted octanol–water partition coefficient (Wildman–Crippen LogP) is 1.05. The SMILES string of the molecule is O=C(CNCc1ccoc1)NCC(F)(F)F. The van der Waals surface area contributed by atoms with Crippen molar-refractivity contribution in [2.24, 2.45) is 0 Å². The third-order valence-electron chi connectivity index (χ3n) is 1.68. The average Bonchev–Trinajstić information content (AvgIpc) is 2.66. The minimum Gasteiger partial charge on any atom is -0.472 e. The second kappa shape index (κ2) is 5.55. The maximum atomic E-state index is 11.7. The van der Waals surface area contributed by atoms with Crippen LogP contribution in [0.25, 0.3) is 0 Å². The minimum atomic E-state index is -4.37. The molecule has 1 aromatic rings. The molecule has 0 spiro atoms. The van der Waals surface area contributed by atoms with E-state index in [2.05, 4.69) is 5.32 Å². The highest BCUT2D eigenvalue weighted by molar-refractivity contribution is 5.77. The first-order valence-electron chi connectivity index (χ1n) is 4.52. The summed E-state index contributed by atoms with van der Waals surface area (Å²) in [6.45, 7) is -1.10. The van der Waals surface area contributed by atoms with Crippen molar-refractivity contribution in [3.8, 4) is 0 Å². The highest BCUT2D eigenvalue weighted by atomic mass is 19.4. The second-order valence-corrected chi connectivity index (χ2v) is 3.13. The van der Waals surface area contributed by atoms with E-state index >= 15 is 0 Å². The van der Waals surface area contributed by atoms with Crippen LogP contribution in [0, 0.1) is 0 Å². The van der Waals surface area contributed by atoms with Crippen LogP contribution in [-0.4, -0.2) is 25.2 Å². The van der Waals surface area contributed by atoms with Gasteiger partial charge in [-0.25, -0.2) is 0 Å². The first-order valence-corrected chi connectivity index (χ1v) is 4.52. The molecule has 0 saturated carbocycles. The third-order valence-corrected chi connectivity index (χ3v) is 1.68. The van der Waals surface area contributed by atoms with E-state index in [1.54, 1.807) is 11.4 Å². The number of hydrogen-bond donors (Lipinski definition) is 2. The van der Waals surface area contributed by atoms with Gasteiger partial charge in [0.15, 0.2) is 0 Å². The number of alkyl halides is 3. The summed E-state index contributed by atoms with van der Waals surface area (Å²) in [7, 11) is 0. The lowest BCUT2D eigenvalue weighted by atomic mass is 10.3. The first kappa shape index (κ1) is 12.6. The Morgan fingerprint density at radius 3 is 2.75 bits per heavy atom. The van der Waals surface area contributed by atoms with Gasteiger partial charge in [0.25, 0.3) is 0 Å². The van der Waals surface area contributed by atoms with Crippen LogP contribution in [0.3, 0.4) is 0 Å². The number of hydrogen-bond acceptors (Lipinski definition) is 3. The van der Waals surface area contributed by atoms with E-state index in [1.165, 1.54) is 12.5 Å². The number of nitrogens with one attached hydrogen (secondary N) is 2. The lowest BCUT2D eigenvalue weighted by Gasteiger charge is -2.08. The molecule has 0 aliphatic heterocycles. The van der Waals surface area contributed by atoms with E-state index in [0.717, 1.165) is 5.56 Å². The van der Waals surface area contributed by atoms with Gasteiger partial charge in [0.2, 0.25) is 5.91 Å². The Morgan fingerprint density at radius 1 is 1.44 bits per heavy atom. The molecule has 0 fully saturated rings. The molecule has 1 rings (SSSR count). The fourth-order valence-electron chi connectivity index (χ4n) is 0.975. The fourth-order valence-corrected chi connectivity index (χ4v) is 0.975.